The molecule has 0 aliphatic rings. The van der Waals surface area contributed by atoms with Crippen molar-refractivity contribution in [1.82, 2.24) is 10.6 Å². The number of rotatable bonds is 5. The number of aliphatic carboxylic acids is 1. The first-order valence-electron chi connectivity index (χ1n) is 6.02. The highest BCUT2D eigenvalue weighted by Gasteiger charge is 2.32. The molecule has 0 heterocycles. The first kappa shape index (κ1) is 16.6. The van der Waals surface area contributed by atoms with Crippen LogP contribution in [0, 0.1) is 0 Å². The predicted molar refractivity (Wildman–Crippen MR) is 78.2 cm³/mol. The minimum absolute atomic E-state index is 0.182. The molecule has 0 spiro atoms. The molecule has 0 fully saturated rings. The van der Waals surface area contributed by atoms with Crippen molar-refractivity contribution in [1.29, 1.82) is 0 Å². The van der Waals surface area contributed by atoms with Crippen molar-refractivity contribution in [2.75, 3.05) is 0 Å². The van der Waals surface area contributed by atoms with Crippen LogP contribution in [0.4, 0.5) is 4.79 Å². The Kier molecular flexibility index (Phi) is 5.65. The largest absolute Gasteiger partial charge is 0.480 e. The molecule has 0 aliphatic carbocycles. The molecule has 1 rings (SSSR count). The summed E-state index contributed by atoms with van der Waals surface area (Å²) in [7, 11) is 0. The number of nitrogens with one attached hydrogen (secondary N) is 2. The second kappa shape index (κ2) is 6.81. The van der Waals surface area contributed by atoms with E-state index in [2.05, 4.69) is 10.6 Å². The van der Waals surface area contributed by atoms with Crippen molar-refractivity contribution >= 4 is 35.2 Å². The van der Waals surface area contributed by atoms with Crippen molar-refractivity contribution in [2.24, 2.45) is 0 Å². The number of hydrogen-bond donors (Lipinski definition) is 3. The Balaban J connectivity index is 2.62. The fraction of sp³-hybridized carbons (Fsp3) is 0.385. The smallest absolute Gasteiger partial charge is 0.329 e. The predicted octanol–water partition coefficient (Wildman–Crippen LogP) is 3.05. The summed E-state index contributed by atoms with van der Waals surface area (Å²) in [6, 6.07) is 4.37. The standard InChI is InChI=1S/C13H16Cl2N2O3/c1-3-13(2,11(18)19)17-12(20)16-7-8-4-5-9(14)6-10(8)15/h4-6H,3,7H2,1-2H3,(H,18,19)(H2,16,17,20). The Labute approximate surface area is 127 Å². The molecule has 1 unspecified atom stereocenters. The second-order valence-electron chi connectivity index (χ2n) is 4.53. The zero-order valence-corrected chi connectivity index (χ0v) is 12.7. The summed E-state index contributed by atoms with van der Waals surface area (Å²) < 4.78 is 0. The van der Waals surface area contributed by atoms with E-state index < -0.39 is 17.5 Å². The molecule has 110 valence electrons. The Bertz CT molecular complexity index is 522. The summed E-state index contributed by atoms with van der Waals surface area (Å²) in [4.78, 5) is 22.8. The Morgan fingerprint density at radius 3 is 2.50 bits per heavy atom. The maximum atomic E-state index is 11.7. The molecular formula is C13H16Cl2N2O3. The number of carbonyl (C=O) groups excluding carboxylic acids is 1. The molecule has 0 aliphatic heterocycles. The molecule has 7 heteroatoms. The van der Waals surface area contributed by atoms with Gasteiger partial charge >= 0.3 is 12.0 Å². The van der Waals surface area contributed by atoms with Gasteiger partial charge in [-0.05, 0) is 31.0 Å². The van der Waals surface area contributed by atoms with E-state index in [1.165, 1.54) is 6.92 Å². The van der Waals surface area contributed by atoms with Crippen LogP contribution in [0.3, 0.4) is 0 Å². The first-order valence-corrected chi connectivity index (χ1v) is 6.77. The van der Waals surface area contributed by atoms with Crippen LogP contribution in [0.2, 0.25) is 10.0 Å². The normalized spacial score (nSPS) is 13.4. The number of carboxylic acids is 1. The molecule has 1 aromatic carbocycles. The van der Waals surface area contributed by atoms with Crippen molar-refractivity contribution in [2.45, 2.75) is 32.4 Å². The second-order valence-corrected chi connectivity index (χ2v) is 5.38. The van der Waals surface area contributed by atoms with Crippen molar-refractivity contribution in [3.63, 3.8) is 0 Å². The quantitative estimate of drug-likeness (QED) is 0.780. The molecule has 0 saturated carbocycles. The molecule has 0 saturated heterocycles. The van der Waals surface area contributed by atoms with Gasteiger partial charge in [0, 0.05) is 16.6 Å². The molecular weight excluding hydrogens is 303 g/mol. The highest BCUT2D eigenvalue weighted by Crippen LogP contribution is 2.20. The molecule has 20 heavy (non-hydrogen) atoms. The fourth-order valence-corrected chi connectivity index (χ4v) is 1.90. The van der Waals surface area contributed by atoms with E-state index in [-0.39, 0.29) is 13.0 Å². The minimum atomic E-state index is -1.30. The van der Waals surface area contributed by atoms with Gasteiger partial charge in [0.1, 0.15) is 5.54 Å². The summed E-state index contributed by atoms with van der Waals surface area (Å²) in [5.41, 5.74) is -0.604. The van der Waals surface area contributed by atoms with Crippen LogP contribution in [0.1, 0.15) is 25.8 Å². The molecule has 0 radical (unpaired) electrons. The third kappa shape index (κ3) is 4.28. The lowest BCUT2D eigenvalue weighted by Gasteiger charge is -2.24. The Hall–Kier alpha value is -1.46. The molecule has 5 nitrogen and oxygen atoms in total. The van der Waals surface area contributed by atoms with E-state index in [4.69, 9.17) is 28.3 Å². The van der Waals surface area contributed by atoms with E-state index in [9.17, 15) is 9.59 Å². The van der Waals surface area contributed by atoms with Crippen molar-refractivity contribution < 1.29 is 14.7 Å². The van der Waals surface area contributed by atoms with Crippen molar-refractivity contribution in [3.05, 3.63) is 33.8 Å². The molecule has 1 atom stereocenters. The maximum absolute atomic E-state index is 11.7. The highest BCUT2D eigenvalue weighted by molar-refractivity contribution is 6.35. The van der Waals surface area contributed by atoms with Gasteiger partial charge in [-0.15, -0.1) is 0 Å². The number of amides is 2. The van der Waals surface area contributed by atoms with Gasteiger partial charge in [-0.25, -0.2) is 9.59 Å². The lowest BCUT2D eigenvalue weighted by Crippen LogP contribution is -2.54. The van der Waals surface area contributed by atoms with Crippen LogP contribution >= 0.6 is 23.2 Å². The molecule has 3 N–H and O–H groups in total. The average molecular weight is 319 g/mol. The van der Waals surface area contributed by atoms with Crippen LogP contribution < -0.4 is 10.6 Å². The number of halogens is 2. The molecule has 0 bridgehead atoms. The van der Waals surface area contributed by atoms with Gasteiger partial charge in [-0.3, -0.25) is 0 Å². The summed E-state index contributed by atoms with van der Waals surface area (Å²) in [5, 5.41) is 15.0. The first-order chi connectivity index (χ1) is 9.28. The topological polar surface area (TPSA) is 78.4 Å². The van der Waals surface area contributed by atoms with Crippen LogP contribution in [-0.4, -0.2) is 22.6 Å². The van der Waals surface area contributed by atoms with E-state index >= 15 is 0 Å². The van der Waals surface area contributed by atoms with Gasteiger partial charge < -0.3 is 15.7 Å². The Morgan fingerprint density at radius 2 is 2.00 bits per heavy atom. The third-order valence-corrected chi connectivity index (χ3v) is 3.61. The molecule has 1 aromatic rings. The average Bonchev–Trinajstić information content (AvgIpc) is 2.37. The monoisotopic (exact) mass is 318 g/mol. The third-order valence-electron chi connectivity index (χ3n) is 3.02. The SMILES string of the molecule is CCC(C)(NC(=O)NCc1ccc(Cl)cc1Cl)C(=O)O. The van der Waals surface area contributed by atoms with Gasteiger partial charge in [-0.2, -0.15) is 0 Å². The summed E-state index contributed by atoms with van der Waals surface area (Å²) in [5.74, 6) is -1.08. The lowest BCUT2D eigenvalue weighted by atomic mass is 10.00. The van der Waals surface area contributed by atoms with Crippen LogP contribution in [0.15, 0.2) is 18.2 Å². The number of carbonyl (C=O) groups is 2. The zero-order valence-electron chi connectivity index (χ0n) is 11.2. The zero-order chi connectivity index (χ0) is 15.3. The number of benzene rings is 1. The number of urea groups is 1. The summed E-state index contributed by atoms with van der Waals surface area (Å²) in [6.07, 6.45) is 0.275. The van der Waals surface area contributed by atoms with Gasteiger partial charge in [-0.1, -0.05) is 36.2 Å². The number of hydrogen-bond acceptors (Lipinski definition) is 2. The van der Waals surface area contributed by atoms with Crippen LogP contribution in [0.5, 0.6) is 0 Å². The van der Waals surface area contributed by atoms with Gasteiger partial charge in [0.15, 0.2) is 0 Å². The van der Waals surface area contributed by atoms with E-state index in [0.717, 1.165) is 0 Å². The van der Waals surface area contributed by atoms with Gasteiger partial charge in [0.2, 0.25) is 0 Å². The Morgan fingerprint density at radius 1 is 1.35 bits per heavy atom. The van der Waals surface area contributed by atoms with E-state index in [0.29, 0.717) is 15.6 Å². The fourth-order valence-electron chi connectivity index (χ4n) is 1.43. The maximum Gasteiger partial charge on any atom is 0.329 e. The summed E-state index contributed by atoms with van der Waals surface area (Å²) in [6.45, 7) is 3.32. The molecule has 2 amide bonds. The van der Waals surface area contributed by atoms with E-state index in [1.54, 1.807) is 25.1 Å². The highest BCUT2D eigenvalue weighted by atomic mass is 35.5. The van der Waals surface area contributed by atoms with E-state index in [1.807, 2.05) is 0 Å². The lowest BCUT2D eigenvalue weighted by molar-refractivity contribution is -0.143. The van der Waals surface area contributed by atoms with Crippen molar-refractivity contribution in [3.8, 4) is 0 Å². The van der Waals surface area contributed by atoms with Gasteiger partial charge in [0.25, 0.3) is 0 Å². The van der Waals surface area contributed by atoms with Crippen LogP contribution in [0.25, 0.3) is 0 Å². The summed E-state index contributed by atoms with van der Waals surface area (Å²) >= 11 is 11.7. The molecule has 0 aromatic heterocycles. The number of carboxylic acid groups (broad SMARTS) is 1. The van der Waals surface area contributed by atoms with Gasteiger partial charge in [0.05, 0.1) is 0 Å². The minimum Gasteiger partial charge on any atom is -0.480 e. The van der Waals surface area contributed by atoms with Crippen LogP contribution in [-0.2, 0) is 11.3 Å².